The van der Waals surface area contributed by atoms with Crippen LogP contribution in [-0.4, -0.2) is 41.8 Å². The number of hydrogen-bond acceptors (Lipinski definition) is 3. The molecule has 162 valence electrons. The fraction of sp³-hybridized carbons (Fsp3) is 0.625. The van der Waals surface area contributed by atoms with Crippen LogP contribution < -0.4 is 10.2 Å². The lowest BCUT2D eigenvalue weighted by Gasteiger charge is -2.30. The molecule has 1 aromatic carbocycles. The van der Waals surface area contributed by atoms with Gasteiger partial charge in [0.25, 0.3) is 0 Å². The predicted molar refractivity (Wildman–Crippen MR) is 116 cm³/mol. The summed E-state index contributed by atoms with van der Waals surface area (Å²) in [5.41, 5.74) is 1.88. The van der Waals surface area contributed by atoms with Crippen LogP contribution in [0.4, 0.5) is 5.69 Å². The third kappa shape index (κ3) is 4.68. The van der Waals surface area contributed by atoms with Crippen LogP contribution in [0.15, 0.2) is 24.3 Å². The number of carbonyl (C=O) groups is 3. The standard InChI is InChI=1S/C24H33N3O3/c28-22-13-4-5-14-26(22)20-11-6-8-18(16-20)17-25-23(29)21-12-7-15-27(21)24(30)19-9-2-1-3-10-19/h6,8,11,16,19,21H,1-5,7,9-10,12-15,17H2,(H,25,29)/t21-/m1/s1. The molecular formula is C24H33N3O3. The number of nitrogens with one attached hydrogen (secondary N) is 1. The zero-order valence-corrected chi connectivity index (χ0v) is 17.8. The molecule has 2 aliphatic heterocycles. The number of nitrogens with zero attached hydrogens (tertiary/aromatic N) is 2. The van der Waals surface area contributed by atoms with Crippen molar-refractivity contribution in [3.8, 4) is 0 Å². The first kappa shape index (κ1) is 20.9. The molecule has 3 amide bonds. The van der Waals surface area contributed by atoms with Gasteiger partial charge in [-0.2, -0.15) is 0 Å². The Morgan fingerprint density at radius 1 is 0.967 bits per heavy atom. The molecule has 3 fully saturated rings. The number of likely N-dealkylation sites (tertiary alicyclic amines) is 1. The smallest absolute Gasteiger partial charge is 0.243 e. The topological polar surface area (TPSA) is 69.7 Å². The van der Waals surface area contributed by atoms with E-state index in [2.05, 4.69) is 5.32 Å². The largest absolute Gasteiger partial charge is 0.350 e. The molecule has 0 unspecified atom stereocenters. The van der Waals surface area contributed by atoms with Gasteiger partial charge in [0, 0.05) is 37.7 Å². The molecule has 4 rings (SSSR count). The molecule has 0 spiro atoms. The monoisotopic (exact) mass is 411 g/mol. The Morgan fingerprint density at radius 3 is 2.60 bits per heavy atom. The van der Waals surface area contributed by atoms with E-state index in [9.17, 15) is 14.4 Å². The Morgan fingerprint density at radius 2 is 1.80 bits per heavy atom. The zero-order valence-electron chi connectivity index (χ0n) is 17.8. The molecule has 1 N–H and O–H groups in total. The SMILES string of the molecule is O=C(NCc1cccc(N2CCCCC2=O)c1)[C@H]1CCCN1C(=O)C1CCCCC1. The van der Waals surface area contributed by atoms with E-state index >= 15 is 0 Å². The third-order valence-corrected chi connectivity index (χ3v) is 6.81. The highest BCUT2D eigenvalue weighted by Crippen LogP contribution is 2.29. The molecule has 0 aromatic heterocycles. The van der Waals surface area contributed by atoms with E-state index in [1.807, 2.05) is 34.1 Å². The minimum Gasteiger partial charge on any atom is -0.350 e. The molecule has 0 radical (unpaired) electrons. The lowest BCUT2D eigenvalue weighted by molar-refractivity contribution is -0.142. The number of amides is 3. The average molecular weight is 412 g/mol. The predicted octanol–water partition coefficient (Wildman–Crippen LogP) is 3.39. The number of carbonyl (C=O) groups excluding carboxylic acids is 3. The van der Waals surface area contributed by atoms with E-state index in [0.717, 1.165) is 69.2 Å². The summed E-state index contributed by atoms with van der Waals surface area (Å²) in [6, 6.07) is 7.51. The first-order valence-electron chi connectivity index (χ1n) is 11.6. The highest BCUT2D eigenvalue weighted by Gasteiger charge is 2.37. The normalized spacial score (nSPS) is 22.9. The molecule has 6 nitrogen and oxygen atoms in total. The summed E-state index contributed by atoms with van der Waals surface area (Å²) < 4.78 is 0. The van der Waals surface area contributed by atoms with Gasteiger partial charge in [-0.1, -0.05) is 31.4 Å². The lowest BCUT2D eigenvalue weighted by Crippen LogP contribution is -2.48. The van der Waals surface area contributed by atoms with Gasteiger partial charge < -0.3 is 15.1 Å². The van der Waals surface area contributed by atoms with E-state index in [0.29, 0.717) is 19.5 Å². The zero-order chi connectivity index (χ0) is 20.9. The molecule has 0 bridgehead atoms. The quantitative estimate of drug-likeness (QED) is 0.807. The fourth-order valence-electron chi connectivity index (χ4n) is 5.11. The van der Waals surface area contributed by atoms with Crippen molar-refractivity contribution in [2.45, 2.75) is 76.8 Å². The summed E-state index contributed by atoms with van der Waals surface area (Å²) in [5, 5.41) is 3.03. The van der Waals surface area contributed by atoms with Gasteiger partial charge in [-0.25, -0.2) is 0 Å². The van der Waals surface area contributed by atoms with E-state index in [1.54, 1.807) is 0 Å². The van der Waals surface area contributed by atoms with Crippen molar-refractivity contribution < 1.29 is 14.4 Å². The maximum atomic E-state index is 12.9. The first-order valence-corrected chi connectivity index (χ1v) is 11.6. The Balaban J connectivity index is 1.35. The third-order valence-electron chi connectivity index (χ3n) is 6.81. The Labute approximate surface area is 179 Å². The second-order valence-corrected chi connectivity index (χ2v) is 8.91. The van der Waals surface area contributed by atoms with Crippen molar-refractivity contribution in [1.29, 1.82) is 0 Å². The van der Waals surface area contributed by atoms with Crippen LogP contribution in [-0.2, 0) is 20.9 Å². The van der Waals surface area contributed by atoms with Crippen molar-refractivity contribution >= 4 is 23.4 Å². The molecule has 30 heavy (non-hydrogen) atoms. The van der Waals surface area contributed by atoms with Crippen molar-refractivity contribution in [3.63, 3.8) is 0 Å². The minimum absolute atomic E-state index is 0.0592. The Hall–Kier alpha value is -2.37. The highest BCUT2D eigenvalue weighted by atomic mass is 16.2. The Bertz CT molecular complexity index is 788. The van der Waals surface area contributed by atoms with E-state index < -0.39 is 0 Å². The van der Waals surface area contributed by atoms with Crippen LogP contribution in [0.2, 0.25) is 0 Å². The number of piperidine rings is 1. The highest BCUT2D eigenvalue weighted by molar-refractivity contribution is 5.94. The van der Waals surface area contributed by atoms with Gasteiger partial charge in [0.2, 0.25) is 17.7 Å². The average Bonchev–Trinajstić information content (AvgIpc) is 3.28. The summed E-state index contributed by atoms with van der Waals surface area (Å²) in [7, 11) is 0. The van der Waals surface area contributed by atoms with Gasteiger partial charge >= 0.3 is 0 Å². The van der Waals surface area contributed by atoms with Crippen LogP contribution >= 0.6 is 0 Å². The van der Waals surface area contributed by atoms with Gasteiger partial charge in [-0.3, -0.25) is 14.4 Å². The molecule has 1 saturated carbocycles. The molecule has 2 saturated heterocycles. The van der Waals surface area contributed by atoms with Crippen LogP contribution in [0.25, 0.3) is 0 Å². The van der Waals surface area contributed by atoms with Crippen LogP contribution in [0, 0.1) is 5.92 Å². The number of anilines is 1. The van der Waals surface area contributed by atoms with Gasteiger partial charge in [-0.15, -0.1) is 0 Å². The molecule has 1 aromatic rings. The number of hydrogen-bond donors (Lipinski definition) is 1. The summed E-state index contributed by atoms with van der Waals surface area (Å²) in [6.07, 6.45) is 9.62. The van der Waals surface area contributed by atoms with Crippen molar-refractivity contribution in [2.75, 3.05) is 18.0 Å². The van der Waals surface area contributed by atoms with Crippen molar-refractivity contribution in [3.05, 3.63) is 29.8 Å². The summed E-state index contributed by atoms with van der Waals surface area (Å²) in [6.45, 7) is 1.87. The summed E-state index contributed by atoms with van der Waals surface area (Å²) in [5.74, 6) is 0.394. The van der Waals surface area contributed by atoms with Gasteiger partial charge in [-0.05, 0) is 56.2 Å². The summed E-state index contributed by atoms with van der Waals surface area (Å²) >= 11 is 0. The summed E-state index contributed by atoms with van der Waals surface area (Å²) in [4.78, 5) is 41.7. The second kappa shape index (κ2) is 9.63. The minimum atomic E-state index is -0.341. The fourth-order valence-corrected chi connectivity index (χ4v) is 5.11. The second-order valence-electron chi connectivity index (χ2n) is 8.91. The number of benzene rings is 1. The van der Waals surface area contributed by atoms with E-state index in [-0.39, 0.29) is 29.7 Å². The molecule has 3 aliphatic rings. The van der Waals surface area contributed by atoms with Gasteiger partial charge in [0.1, 0.15) is 6.04 Å². The molecule has 1 aliphatic carbocycles. The van der Waals surface area contributed by atoms with Crippen LogP contribution in [0.5, 0.6) is 0 Å². The molecule has 6 heteroatoms. The van der Waals surface area contributed by atoms with Gasteiger partial charge in [0.05, 0.1) is 0 Å². The maximum Gasteiger partial charge on any atom is 0.243 e. The molecule has 2 heterocycles. The van der Waals surface area contributed by atoms with Crippen LogP contribution in [0.1, 0.15) is 69.8 Å². The van der Waals surface area contributed by atoms with Crippen molar-refractivity contribution in [1.82, 2.24) is 10.2 Å². The first-order chi connectivity index (χ1) is 14.6. The van der Waals surface area contributed by atoms with E-state index in [1.165, 1.54) is 6.42 Å². The Kier molecular flexibility index (Phi) is 6.70. The van der Waals surface area contributed by atoms with Crippen LogP contribution in [0.3, 0.4) is 0 Å². The number of rotatable bonds is 5. The van der Waals surface area contributed by atoms with E-state index in [4.69, 9.17) is 0 Å². The maximum absolute atomic E-state index is 12.9. The molecule has 1 atom stereocenters. The molecular weight excluding hydrogens is 378 g/mol. The van der Waals surface area contributed by atoms with Gasteiger partial charge in [0.15, 0.2) is 0 Å². The lowest BCUT2D eigenvalue weighted by atomic mass is 9.88. The van der Waals surface area contributed by atoms with Crippen molar-refractivity contribution in [2.24, 2.45) is 5.92 Å².